The maximum absolute atomic E-state index is 11.7. The molecule has 0 aliphatic heterocycles. The minimum atomic E-state index is -1.14. The van der Waals surface area contributed by atoms with Gasteiger partial charge < -0.3 is 15.2 Å². The molecule has 0 bridgehead atoms. The first kappa shape index (κ1) is 14.8. The third kappa shape index (κ3) is 4.76. The first-order valence-corrected chi connectivity index (χ1v) is 6.70. The Morgan fingerprint density at radius 1 is 1.14 bits per heavy atom. The number of nitrogens with one attached hydrogen (secondary N) is 1. The van der Waals surface area contributed by atoms with Crippen molar-refractivity contribution in [2.75, 3.05) is 5.32 Å². The summed E-state index contributed by atoms with van der Waals surface area (Å²) in [5, 5.41) is 17.2. The lowest BCUT2D eigenvalue weighted by Crippen LogP contribution is -2.22. The second kappa shape index (κ2) is 7.23. The van der Waals surface area contributed by atoms with Crippen molar-refractivity contribution in [3.8, 4) is 0 Å². The van der Waals surface area contributed by atoms with Gasteiger partial charge in [0.25, 0.3) is 0 Å². The lowest BCUT2D eigenvalue weighted by molar-refractivity contribution is -0.305. The summed E-state index contributed by atoms with van der Waals surface area (Å²) in [7, 11) is 0. The molecule has 0 atom stereocenters. The molecule has 0 saturated carbocycles. The molecule has 6 heteroatoms. The van der Waals surface area contributed by atoms with Crippen LogP contribution in [0.5, 0.6) is 0 Å². The molecule has 2 aromatic rings. The third-order valence-corrected chi connectivity index (χ3v) is 2.94. The van der Waals surface area contributed by atoms with Gasteiger partial charge in [0.15, 0.2) is 0 Å². The van der Waals surface area contributed by atoms with Crippen LogP contribution in [0.15, 0.2) is 42.6 Å². The Hall–Kier alpha value is -2.63. The van der Waals surface area contributed by atoms with Gasteiger partial charge in [-0.05, 0) is 18.4 Å². The molecule has 0 saturated heterocycles. The molecule has 1 heterocycles. The number of aliphatic carboxylic acids is 1. The number of hydrogen-bond acceptors (Lipinski definition) is 4. The summed E-state index contributed by atoms with van der Waals surface area (Å²) in [5.74, 6) is -0.778. The predicted molar refractivity (Wildman–Crippen MR) is 75.3 cm³/mol. The van der Waals surface area contributed by atoms with Gasteiger partial charge in [0.05, 0.1) is 12.7 Å². The molecule has 110 valence electrons. The number of benzene rings is 1. The molecule has 0 aliphatic carbocycles. The largest absolute Gasteiger partial charge is 0.550 e. The van der Waals surface area contributed by atoms with Gasteiger partial charge in [-0.15, -0.1) is 0 Å². The molecule has 0 aliphatic rings. The Labute approximate surface area is 122 Å². The monoisotopic (exact) mass is 286 g/mol. The summed E-state index contributed by atoms with van der Waals surface area (Å²) in [6.07, 6.45) is 1.90. The van der Waals surface area contributed by atoms with Gasteiger partial charge >= 0.3 is 0 Å². The molecule has 2 rings (SSSR count). The van der Waals surface area contributed by atoms with Gasteiger partial charge in [-0.25, -0.2) is 4.68 Å². The lowest BCUT2D eigenvalue weighted by Gasteiger charge is -2.09. The number of rotatable bonds is 7. The molecule has 0 spiro atoms. The smallest absolute Gasteiger partial charge is 0.225 e. The lowest BCUT2D eigenvalue weighted by atomic mass is 10.2. The molecule has 0 fully saturated rings. The molecule has 0 unspecified atom stereocenters. The minimum absolute atomic E-state index is 0.114. The molecule has 6 nitrogen and oxygen atoms in total. The highest BCUT2D eigenvalue weighted by Gasteiger charge is 2.07. The van der Waals surface area contributed by atoms with Crippen LogP contribution in [0, 0.1) is 0 Å². The Morgan fingerprint density at radius 3 is 2.62 bits per heavy atom. The zero-order valence-corrected chi connectivity index (χ0v) is 11.5. The maximum Gasteiger partial charge on any atom is 0.225 e. The molecule has 1 amide bonds. The van der Waals surface area contributed by atoms with Crippen molar-refractivity contribution in [2.24, 2.45) is 0 Å². The fraction of sp³-hybridized carbons (Fsp3) is 0.267. The number of carboxylic acid groups (broad SMARTS) is 1. The van der Waals surface area contributed by atoms with E-state index in [1.165, 1.54) is 0 Å². The van der Waals surface area contributed by atoms with Crippen LogP contribution in [0.1, 0.15) is 24.8 Å². The molecule has 1 N–H and O–H groups in total. The maximum atomic E-state index is 11.7. The third-order valence-electron chi connectivity index (χ3n) is 2.94. The highest BCUT2D eigenvalue weighted by molar-refractivity contribution is 5.89. The summed E-state index contributed by atoms with van der Waals surface area (Å²) in [6, 6.07) is 11.5. The highest BCUT2D eigenvalue weighted by atomic mass is 16.4. The second-order valence-corrected chi connectivity index (χ2v) is 4.63. The van der Waals surface area contributed by atoms with Crippen LogP contribution in [0.25, 0.3) is 0 Å². The van der Waals surface area contributed by atoms with Crippen molar-refractivity contribution in [3.63, 3.8) is 0 Å². The van der Waals surface area contributed by atoms with E-state index in [9.17, 15) is 14.7 Å². The Bertz CT molecular complexity index is 608. The van der Waals surface area contributed by atoms with Crippen LogP contribution in [-0.4, -0.2) is 21.7 Å². The Kier molecular flexibility index (Phi) is 5.09. The van der Waals surface area contributed by atoms with Crippen molar-refractivity contribution in [1.29, 1.82) is 0 Å². The second-order valence-electron chi connectivity index (χ2n) is 4.63. The van der Waals surface area contributed by atoms with Crippen molar-refractivity contribution in [1.82, 2.24) is 9.78 Å². The molecule has 1 aromatic carbocycles. The van der Waals surface area contributed by atoms with Gasteiger partial charge in [-0.3, -0.25) is 4.79 Å². The zero-order chi connectivity index (χ0) is 15.1. The van der Waals surface area contributed by atoms with Gasteiger partial charge in [-0.1, -0.05) is 30.3 Å². The predicted octanol–water partition coefficient (Wildman–Crippen LogP) is 0.790. The van der Waals surface area contributed by atoms with Crippen LogP contribution in [0.4, 0.5) is 5.82 Å². The number of anilines is 1. The first-order valence-electron chi connectivity index (χ1n) is 6.70. The van der Waals surface area contributed by atoms with Gasteiger partial charge in [0, 0.05) is 18.5 Å². The number of carbonyl (C=O) groups excluding carboxylic acids is 2. The summed E-state index contributed by atoms with van der Waals surface area (Å²) in [6.45, 7) is 0.558. The fourth-order valence-corrected chi connectivity index (χ4v) is 1.92. The standard InChI is InChI=1S/C15H17N3O3/c19-14(7-4-8-15(20)21)17-13-9-10-16-18(13)11-12-5-2-1-3-6-12/h1-3,5-6,9-10H,4,7-8,11H2,(H,17,19)(H,20,21)/p-1. The topological polar surface area (TPSA) is 87.0 Å². The number of aromatic nitrogens is 2. The quantitative estimate of drug-likeness (QED) is 0.815. The first-order chi connectivity index (χ1) is 10.1. The number of amides is 1. The fourth-order valence-electron chi connectivity index (χ4n) is 1.92. The minimum Gasteiger partial charge on any atom is -0.550 e. The zero-order valence-electron chi connectivity index (χ0n) is 11.5. The Morgan fingerprint density at radius 2 is 1.90 bits per heavy atom. The summed E-state index contributed by atoms with van der Waals surface area (Å²) < 4.78 is 1.69. The summed E-state index contributed by atoms with van der Waals surface area (Å²) in [4.78, 5) is 22.0. The van der Waals surface area contributed by atoms with E-state index < -0.39 is 5.97 Å². The van der Waals surface area contributed by atoms with E-state index in [0.29, 0.717) is 12.4 Å². The van der Waals surface area contributed by atoms with Crippen molar-refractivity contribution < 1.29 is 14.7 Å². The molecular weight excluding hydrogens is 270 g/mol. The van der Waals surface area contributed by atoms with Gasteiger partial charge in [-0.2, -0.15) is 5.10 Å². The Balaban J connectivity index is 1.91. The number of nitrogens with zero attached hydrogens (tertiary/aromatic N) is 2. The summed E-state index contributed by atoms with van der Waals surface area (Å²) in [5.41, 5.74) is 1.08. The molecule has 21 heavy (non-hydrogen) atoms. The van der Waals surface area contributed by atoms with E-state index in [-0.39, 0.29) is 25.2 Å². The van der Waals surface area contributed by atoms with Crippen LogP contribution in [-0.2, 0) is 16.1 Å². The average molecular weight is 286 g/mol. The normalized spacial score (nSPS) is 10.3. The highest BCUT2D eigenvalue weighted by Crippen LogP contribution is 2.11. The summed E-state index contributed by atoms with van der Waals surface area (Å²) >= 11 is 0. The number of hydrogen-bond donors (Lipinski definition) is 1. The van der Waals surface area contributed by atoms with Crippen molar-refractivity contribution in [2.45, 2.75) is 25.8 Å². The molecule has 1 aromatic heterocycles. The van der Waals surface area contributed by atoms with Crippen molar-refractivity contribution >= 4 is 17.7 Å². The van der Waals surface area contributed by atoms with Gasteiger partial charge in [0.2, 0.25) is 5.91 Å². The van der Waals surface area contributed by atoms with E-state index in [1.54, 1.807) is 16.9 Å². The SMILES string of the molecule is O=C([O-])CCCC(=O)Nc1ccnn1Cc1ccccc1. The van der Waals surface area contributed by atoms with Crippen LogP contribution >= 0.6 is 0 Å². The molecule has 0 radical (unpaired) electrons. The van der Waals surface area contributed by atoms with E-state index in [4.69, 9.17) is 0 Å². The average Bonchev–Trinajstić information content (AvgIpc) is 2.86. The number of carboxylic acids is 1. The van der Waals surface area contributed by atoms with Crippen molar-refractivity contribution in [3.05, 3.63) is 48.2 Å². The van der Waals surface area contributed by atoms with E-state index >= 15 is 0 Å². The van der Waals surface area contributed by atoms with Crippen LogP contribution < -0.4 is 10.4 Å². The van der Waals surface area contributed by atoms with Gasteiger partial charge in [0.1, 0.15) is 5.82 Å². The van der Waals surface area contributed by atoms with Crippen LogP contribution in [0.2, 0.25) is 0 Å². The van der Waals surface area contributed by atoms with Crippen LogP contribution in [0.3, 0.4) is 0 Å². The molecular formula is C15H16N3O3-. The number of carbonyl (C=O) groups is 2. The van der Waals surface area contributed by atoms with E-state index in [1.807, 2.05) is 30.3 Å². The van der Waals surface area contributed by atoms with E-state index in [0.717, 1.165) is 5.56 Å². The van der Waals surface area contributed by atoms with E-state index in [2.05, 4.69) is 10.4 Å².